The van der Waals surface area contributed by atoms with Crippen LogP contribution in [-0.4, -0.2) is 58.0 Å². The number of likely N-dealkylation sites (N-methyl/N-ethyl adjacent to an activating group) is 1. The Morgan fingerprint density at radius 2 is 2.14 bits per heavy atom. The molecule has 0 atom stereocenters. The quantitative estimate of drug-likeness (QED) is 0.662. The van der Waals surface area contributed by atoms with Crippen molar-refractivity contribution in [3.05, 3.63) is 33.7 Å². The minimum absolute atomic E-state index is 0.0379. The Labute approximate surface area is 175 Å². The molecule has 0 unspecified atom stereocenters. The minimum Gasteiger partial charge on any atom is -0.493 e. The third-order valence-corrected chi connectivity index (χ3v) is 5.56. The molecule has 0 aliphatic carbocycles. The molecule has 152 valence electrons. The monoisotopic (exact) mass is 434 g/mol. The maximum atomic E-state index is 12.6. The van der Waals surface area contributed by atoms with Crippen LogP contribution in [0.2, 0.25) is 0 Å². The number of ether oxygens (including phenoxy) is 2. The van der Waals surface area contributed by atoms with E-state index in [1.54, 1.807) is 31.3 Å². The molecule has 2 heterocycles. The Kier molecular flexibility index (Phi) is 6.49. The normalized spacial score (nSPS) is 16.7. The van der Waals surface area contributed by atoms with Gasteiger partial charge in [-0.05, 0) is 42.5 Å². The van der Waals surface area contributed by atoms with Gasteiger partial charge in [0, 0.05) is 7.05 Å². The molecule has 1 amide bonds. The van der Waals surface area contributed by atoms with Gasteiger partial charge in [0.2, 0.25) is 5.13 Å². The summed E-state index contributed by atoms with van der Waals surface area (Å²) in [5.74, 6) is -0.220. The van der Waals surface area contributed by atoms with Crippen LogP contribution in [0.5, 0.6) is 11.5 Å². The highest BCUT2D eigenvalue weighted by atomic mass is 32.2. The molecule has 2 aromatic rings. The molecule has 3 rings (SSSR count). The summed E-state index contributed by atoms with van der Waals surface area (Å²) in [7, 11) is 3.15. The van der Waals surface area contributed by atoms with E-state index in [4.69, 9.17) is 14.6 Å². The van der Waals surface area contributed by atoms with Crippen LogP contribution in [0.25, 0.3) is 6.08 Å². The number of hydrogen-bond acceptors (Lipinski definition) is 9. The van der Waals surface area contributed by atoms with Gasteiger partial charge >= 0.3 is 5.97 Å². The van der Waals surface area contributed by atoms with E-state index in [2.05, 4.69) is 15.2 Å². The SMILES string of the molecule is COc1cc(/C=C2/S/C(=N/c3nnc(C)s3)N(C)C2=O)ccc1OCCC(=O)O. The van der Waals surface area contributed by atoms with E-state index in [1.807, 2.05) is 6.92 Å². The molecule has 11 heteroatoms. The number of thioether (sulfide) groups is 1. The summed E-state index contributed by atoms with van der Waals surface area (Å²) in [6.07, 6.45) is 1.63. The zero-order chi connectivity index (χ0) is 21.0. The van der Waals surface area contributed by atoms with Gasteiger partial charge in [0.1, 0.15) is 5.01 Å². The lowest BCUT2D eigenvalue weighted by Gasteiger charge is -2.10. The zero-order valence-electron chi connectivity index (χ0n) is 15.9. The van der Waals surface area contributed by atoms with E-state index in [9.17, 15) is 9.59 Å². The first-order valence-corrected chi connectivity index (χ1v) is 10.1. The van der Waals surface area contributed by atoms with Crippen LogP contribution >= 0.6 is 23.1 Å². The summed E-state index contributed by atoms with van der Waals surface area (Å²) in [6.45, 7) is 1.88. The van der Waals surface area contributed by atoms with Gasteiger partial charge < -0.3 is 14.6 Å². The van der Waals surface area contributed by atoms with Gasteiger partial charge in [-0.3, -0.25) is 14.5 Å². The summed E-state index contributed by atoms with van der Waals surface area (Å²) in [6, 6.07) is 5.17. The van der Waals surface area contributed by atoms with Crippen molar-refractivity contribution in [3.63, 3.8) is 0 Å². The van der Waals surface area contributed by atoms with E-state index in [1.165, 1.54) is 35.1 Å². The number of aryl methyl sites for hydroxylation is 1. The van der Waals surface area contributed by atoms with Crippen LogP contribution in [0, 0.1) is 6.92 Å². The van der Waals surface area contributed by atoms with Crippen LogP contribution in [0.3, 0.4) is 0 Å². The van der Waals surface area contributed by atoms with Crippen molar-refractivity contribution < 1.29 is 24.2 Å². The fourth-order valence-corrected chi connectivity index (χ4v) is 3.94. The van der Waals surface area contributed by atoms with Crippen molar-refractivity contribution in [2.24, 2.45) is 4.99 Å². The first-order valence-electron chi connectivity index (χ1n) is 8.46. The molecule has 29 heavy (non-hydrogen) atoms. The third-order valence-electron chi connectivity index (χ3n) is 3.77. The summed E-state index contributed by atoms with van der Waals surface area (Å²) in [5.41, 5.74) is 0.740. The molecule has 1 N–H and O–H groups in total. The number of carbonyl (C=O) groups excluding carboxylic acids is 1. The van der Waals surface area contributed by atoms with Crippen molar-refractivity contribution in [1.29, 1.82) is 0 Å². The van der Waals surface area contributed by atoms with E-state index < -0.39 is 5.97 Å². The van der Waals surface area contributed by atoms with Crippen LogP contribution in [0.1, 0.15) is 17.0 Å². The van der Waals surface area contributed by atoms with Crippen molar-refractivity contribution in [2.45, 2.75) is 13.3 Å². The molecule has 1 aromatic carbocycles. The topological polar surface area (TPSA) is 114 Å². The van der Waals surface area contributed by atoms with Crippen molar-refractivity contribution in [3.8, 4) is 11.5 Å². The van der Waals surface area contributed by atoms with Gasteiger partial charge in [-0.15, -0.1) is 10.2 Å². The number of benzene rings is 1. The highest BCUT2D eigenvalue weighted by molar-refractivity contribution is 8.18. The Bertz CT molecular complexity index is 1000. The number of carboxylic acids is 1. The Hall–Kier alpha value is -2.92. The van der Waals surface area contributed by atoms with Gasteiger partial charge in [0.15, 0.2) is 16.7 Å². The van der Waals surface area contributed by atoms with Gasteiger partial charge in [0.25, 0.3) is 5.91 Å². The fourth-order valence-electron chi connectivity index (χ4n) is 2.36. The summed E-state index contributed by atoms with van der Waals surface area (Å²) in [4.78, 5) is 29.5. The largest absolute Gasteiger partial charge is 0.493 e. The number of carbonyl (C=O) groups is 2. The third kappa shape index (κ3) is 5.12. The molecular formula is C18H18N4O5S2. The highest BCUT2D eigenvalue weighted by Gasteiger charge is 2.30. The minimum atomic E-state index is -0.938. The van der Waals surface area contributed by atoms with E-state index in [0.29, 0.717) is 26.7 Å². The average Bonchev–Trinajstić information content (AvgIpc) is 3.21. The number of hydrogen-bond donors (Lipinski definition) is 1. The van der Waals surface area contributed by atoms with E-state index >= 15 is 0 Å². The average molecular weight is 434 g/mol. The van der Waals surface area contributed by atoms with E-state index in [0.717, 1.165) is 10.6 Å². The molecule has 1 saturated heterocycles. The maximum Gasteiger partial charge on any atom is 0.306 e. The van der Waals surface area contributed by atoms with Gasteiger partial charge in [-0.25, -0.2) is 0 Å². The first-order chi connectivity index (χ1) is 13.9. The molecule has 0 spiro atoms. The van der Waals surface area contributed by atoms with Crippen molar-refractivity contribution in [1.82, 2.24) is 15.1 Å². The highest BCUT2D eigenvalue weighted by Crippen LogP contribution is 2.35. The molecule has 0 radical (unpaired) electrons. The van der Waals surface area contributed by atoms with Gasteiger partial charge in [-0.1, -0.05) is 17.4 Å². The lowest BCUT2D eigenvalue weighted by molar-refractivity contribution is -0.137. The summed E-state index contributed by atoms with van der Waals surface area (Å²) in [5, 5.41) is 18.4. The molecule has 0 bridgehead atoms. The van der Waals surface area contributed by atoms with Gasteiger partial charge in [0.05, 0.1) is 25.0 Å². The smallest absolute Gasteiger partial charge is 0.306 e. The number of amidine groups is 1. The van der Waals surface area contributed by atoms with Crippen LogP contribution in [0.15, 0.2) is 28.1 Å². The number of nitrogens with zero attached hydrogens (tertiary/aromatic N) is 4. The predicted octanol–water partition coefficient (Wildman–Crippen LogP) is 2.94. The van der Waals surface area contributed by atoms with Crippen molar-refractivity contribution >= 4 is 51.4 Å². The van der Waals surface area contributed by atoms with Crippen LogP contribution in [0.4, 0.5) is 5.13 Å². The maximum absolute atomic E-state index is 12.6. The van der Waals surface area contributed by atoms with Gasteiger partial charge in [-0.2, -0.15) is 4.99 Å². The van der Waals surface area contributed by atoms with E-state index in [-0.39, 0.29) is 18.9 Å². The molecule has 0 saturated carbocycles. The number of methoxy groups -OCH3 is 1. The second kappa shape index (κ2) is 9.05. The molecule has 1 fully saturated rings. The molecule has 1 aliphatic heterocycles. The number of rotatable bonds is 7. The van der Waals surface area contributed by atoms with Crippen LogP contribution < -0.4 is 9.47 Å². The number of aliphatic carboxylic acids is 1. The second-order valence-electron chi connectivity index (χ2n) is 5.88. The van der Waals surface area contributed by atoms with Crippen LogP contribution in [-0.2, 0) is 9.59 Å². The lowest BCUT2D eigenvalue weighted by atomic mass is 10.2. The second-order valence-corrected chi connectivity index (χ2v) is 8.04. The molecule has 9 nitrogen and oxygen atoms in total. The molecule has 1 aliphatic rings. The molecular weight excluding hydrogens is 416 g/mol. The summed E-state index contributed by atoms with van der Waals surface area (Å²) < 4.78 is 10.8. The number of amides is 1. The predicted molar refractivity (Wildman–Crippen MR) is 111 cm³/mol. The van der Waals surface area contributed by atoms with Crippen molar-refractivity contribution in [2.75, 3.05) is 20.8 Å². The Morgan fingerprint density at radius 1 is 1.34 bits per heavy atom. The Morgan fingerprint density at radius 3 is 2.79 bits per heavy atom. The molecule has 1 aromatic heterocycles. The lowest BCUT2D eigenvalue weighted by Crippen LogP contribution is -2.23. The standard InChI is InChI=1S/C18H18N4O5S2/c1-10-20-21-17(28-10)19-18-22(2)16(25)14(29-18)9-11-4-5-12(13(8-11)26-3)27-7-6-15(23)24/h4-5,8-9H,6-7H2,1-3H3,(H,23,24)/b14-9+,19-18+. The number of aromatic nitrogens is 2. The fraction of sp³-hybridized carbons (Fsp3) is 0.278. The zero-order valence-corrected chi connectivity index (χ0v) is 17.5. The Balaban J connectivity index is 1.79. The number of carboxylic acid groups (broad SMARTS) is 1. The first kappa shape index (κ1) is 20.8. The summed E-state index contributed by atoms with van der Waals surface area (Å²) >= 11 is 2.60. The number of aliphatic imine (C=N–C) groups is 1.